The number of fused-ring (bicyclic) bond motifs is 1. The van der Waals surface area contributed by atoms with E-state index in [2.05, 4.69) is 10.2 Å². The van der Waals surface area contributed by atoms with E-state index in [4.69, 9.17) is 0 Å². The molecule has 2 N–H and O–H groups in total. The Labute approximate surface area is 145 Å². The number of phenolic OH excluding ortho intramolecular Hbond substituents is 1. The first kappa shape index (κ1) is 17.1. The van der Waals surface area contributed by atoms with Crippen LogP contribution in [0.3, 0.4) is 0 Å². The number of aromatic hydroxyl groups is 1. The Kier molecular flexibility index (Phi) is 4.28. The Morgan fingerprint density at radius 2 is 1.68 bits per heavy atom. The van der Waals surface area contributed by atoms with E-state index in [0.29, 0.717) is 16.5 Å². The SMILES string of the molecule is Cc1ccc(N=Nc2c(O)c(C)cc3ccccc23)c(S(=O)(=O)O)c1. The summed E-state index contributed by atoms with van der Waals surface area (Å²) in [5.74, 6) is -0.0250. The van der Waals surface area contributed by atoms with E-state index in [0.717, 1.165) is 5.39 Å². The van der Waals surface area contributed by atoms with E-state index in [9.17, 15) is 18.1 Å². The lowest BCUT2D eigenvalue weighted by molar-refractivity contribution is 0.473. The van der Waals surface area contributed by atoms with Crippen LogP contribution in [0.1, 0.15) is 11.1 Å². The second kappa shape index (κ2) is 6.27. The maximum Gasteiger partial charge on any atom is 0.296 e. The van der Waals surface area contributed by atoms with Gasteiger partial charge in [-0.05, 0) is 48.6 Å². The van der Waals surface area contributed by atoms with Crippen molar-refractivity contribution in [1.29, 1.82) is 0 Å². The standard InChI is InChI=1S/C18H16N2O4S/c1-11-7-8-15(16(9-11)25(22,23)24)19-20-17-14-6-4-3-5-13(14)10-12(2)18(17)21/h3-10,21H,1-2H3,(H,22,23,24). The third-order valence-electron chi connectivity index (χ3n) is 3.84. The fourth-order valence-electron chi connectivity index (χ4n) is 2.57. The Bertz CT molecular complexity index is 1110. The van der Waals surface area contributed by atoms with Crippen LogP contribution in [0.15, 0.2) is 63.7 Å². The summed E-state index contributed by atoms with van der Waals surface area (Å²) in [6, 6.07) is 13.6. The molecule has 0 aliphatic heterocycles. The molecule has 0 spiro atoms. The number of nitrogens with zero attached hydrogens (tertiary/aromatic N) is 2. The van der Waals surface area contributed by atoms with Crippen molar-refractivity contribution in [2.75, 3.05) is 0 Å². The highest BCUT2D eigenvalue weighted by Crippen LogP contribution is 2.39. The van der Waals surface area contributed by atoms with Gasteiger partial charge in [-0.15, -0.1) is 10.2 Å². The average Bonchev–Trinajstić information content (AvgIpc) is 2.55. The van der Waals surface area contributed by atoms with E-state index in [-0.39, 0.29) is 22.0 Å². The fourth-order valence-corrected chi connectivity index (χ4v) is 3.28. The van der Waals surface area contributed by atoms with E-state index < -0.39 is 10.1 Å². The molecule has 128 valence electrons. The van der Waals surface area contributed by atoms with Crippen LogP contribution >= 0.6 is 0 Å². The molecular weight excluding hydrogens is 340 g/mol. The summed E-state index contributed by atoms with van der Waals surface area (Å²) in [5, 5.41) is 19.9. The maximum absolute atomic E-state index is 11.6. The molecule has 0 atom stereocenters. The number of benzene rings is 3. The number of hydrogen-bond donors (Lipinski definition) is 2. The highest BCUT2D eigenvalue weighted by atomic mass is 32.2. The molecule has 25 heavy (non-hydrogen) atoms. The summed E-state index contributed by atoms with van der Waals surface area (Å²) < 4.78 is 32.5. The molecule has 0 heterocycles. The van der Waals surface area contributed by atoms with Crippen LogP contribution in [0.5, 0.6) is 5.75 Å². The second-order valence-corrected chi connectivity index (χ2v) is 7.15. The van der Waals surface area contributed by atoms with E-state index in [1.54, 1.807) is 26.0 Å². The first-order chi connectivity index (χ1) is 11.8. The van der Waals surface area contributed by atoms with Gasteiger partial charge in [0.05, 0.1) is 0 Å². The van der Waals surface area contributed by atoms with Gasteiger partial charge in [-0.2, -0.15) is 8.42 Å². The molecule has 0 unspecified atom stereocenters. The van der Waals surface area contributed by atoms with E-state index in [1.807, 2.05) is 24.3 Å². The summed E-state index contributed by atoms with van der Waals surface area (Å²) in [7, 11) is -4.44. The van der Waals surface area contributed by atoms with Gasteiger partial charge in [-0.3, -0.25) is 4.55 Å². The fraction of sp³-hybridized carbons (Fsp3) is 0.111. The first-order valence-electron chi connectivity index (χ1n) is 7.48. The largest absolute Gasteiger partial charge is 0.505 e. The molecule has 0 saturated heterocycles. The average molecular weight is 356 g/mol. The smallest absolute Gasteiger partial charge is 0.296 e. The van der Waals surface area contributed by atoms with Gasteiger partial charge in [-0.25, -0.2) is 0 Å². The molecule has 0 radical (unpaired) electrons. The van der Waals surface area contributed by atoms with Gasteiger partial charge in [0.25, 0.3) is 10.1 Å². The van der Waals surface area contributed by atoms with Crippen LogP contribution in [0, 0.1) is 13.8 Å². The Balaban J connectivity index is 2.19. The van der Waals surface area contributed by atoms with Gasteiger partial charge < -0.3 is 5.11 Å². The minimum atomic E-state index is -4.44. The number of hydrogen-bond acceptors (Lipinski definition) is 5. The first-order valence-corrected chi connectivity index (χ1v) is 8.92. The van der Waals surface area contributed by atoms with Crippen molar-refractivity contribution in [2.45, 2.75) is 18.7 Å². The van der Waals surface area contributed by atoms with Crippen LogP contribution in [0.25, 0.3) is 10.8 Å². The lowest BCUT2D eigenvalue weighted by Crippen LogP contribution is -1.98. The van der Waals surface area contributed by atoms with Crippen molar-refractivity contribution in [3.05, 3.63) is 59.7 Å². The lowest BCUT2D eigenvalue weighted by atomic mass is 10.0. The Hall–Kier alpha value is -2.77. The molecule has 0 aliphatic carbocycles. The monoisotopic (exact) mass is 356 g/mol. The van der Waals surface area contributed by atoms with Crippen molar-refractivity contribution >= 4 is 32.3 Å². The van der Waals surface area contributed by atoms with Gasteiger partial charge in [0.15, 0.2) is 0 Å². The molecule has 6 nitrogen and oxygen atoms in total. The molecule has 3 aromatic rings. The second-order valence-electron chi connectivity index (χ2n) is 5.76. The molecule has 0 saturated carbocycles. The summed E-state index contributed by atoms with van der Waals surface area (Å²) in [6.07, 6.45) is 0. The van der Waals surface area contributed by atoms with Crippen molar-refractivity contribution < 1.29 is 18.1 Å². The Morgan fingerprint density at radius 3 is 2.40 bits per heavy atom. The highest BCUT2D eigenvalue weighted by molar-refractivity contribution is 7.86. The zero-order valence-corrected chi connectivity index (χ0v) is 14.4. The number of phenols is 1. The molecular formula is C18H16N2O4S. The third kappa shape index (κ3) is 3.38. The van der Waals surface area contributed by atoms with Crippen LogP contribution in [-0.4, -0.2) is 18.1 Å². The number of azo groups is 1. The van der Waals surface area contributed by atoms with Crippen LogP contribution in [0.4, 0.5) is 11.4 Å². The summed E-state index contributed by atoms with van der Waals surface area (Å²) in [5.41, 5.74) is 1.54. The van der Waals surface area contributed by atoms with Crippen molar-refractivity contribution in [3.63, 3.8) is 0 Å². The van der Waals surface area contributed by atoms with E-state index >= 15 is 0 Å². The van der Waals surface area contributed by atoms with Gasteiger partial charge in [-0.1, -0.05) is 30.3 Å². The topological polar surface area (TPSA) is 99.3 Å². The lowest BCUT2D eigenvalue weighted by Gasteiger charge is -2.08. The van der Waals surface area contributed by atoms with E-state index in [1.165, 1.54) is 12.1 Å². The van der Waals surface area contributed by atoms with Gasteiger partial charge in [0.2, 0.25) is 0 Å². The highest BCUT2D eigenvalue weighted by Gasteiger charge is 2.16. The zero-order valence-electron chi connectivity index (χ0n) is 13.6. The summed E-state index contributed by atoms with van der Waals surface area (Å²) in [6.45, 7) is 3.45. The molecule has 0 amide bonds. The minimum Gasteiger partial charge on any atom is -0.505 e. The van der Waals surface area contributed by atoms with Crippen LogP contribution in [-0.2, 0) is 10.1 Å². The van der Waals surface area contributed by atoms with Crippen molar-refractivity contribution in [3.8, 4) is 5.75 Å². The Morgan fingerprint density at radius 1 is 0.960 bits per heavy atom. The van der Waals surface area contributed by atoms with Crippen LogP contribution < -0.4 is 0 Å². The predicted molar refractivity (Wildman–Crippen MR) is 95.5 cm³/mol. The third-order valence-corrected chi connectivity index (χ3v) is 4.72. The molecule has 3 rings (SSSR count). The van der Waals surface area contributed by atoms with Crippen LogP contribution in [0.2, 0.25) is 0 Å². The van der Waals surface area contributed by atoms with Crippen molar-refractivity contribution in [1.82, 2.24) is 0 Å². The van der Waals surface area contributed by atoms with Gasteiger partial charge in [0, 0.05) is 5.39 Å². The molecule has 0 aromatic heterocycles. The molecule has 7 heteroatoms. The molecule has 3 aromatic carbocycles. The summed E-state index contributed by atoms with van der Waals surface area (Å²) in [4.78, 5) is -0.326. The van der Waals surface area contributed by atoms with Gasteiger partial charge >= 0.3 is 0 Å². The number of rotatable bonds is 3. The summed E-state index contributed by atoms with van der Waals surface area (Å²) >= 11 is 0. The van der Waals surface area contributed by atoms with Gasteiger partial charge in [0.1, 0.15) is 22.0 Å². The normalized spacial score (nSPS) is 12.1. The predicted octanol–water partition coefficient (Wildman–Crippen LogP) is 4.82. The quantitative estimate of drug-likeness (QED) is 0.519. The molecule has 0 aliphatic rings. The maximum atomic E-state index is 11.6. The molecule has 0 fully saturated rings. The van der Waals surface area contributed by atoms with Crippen molar-refractivity contribution in [2.24, 2.45) is 10.2 Å². The number of aryl methyl sites for hydroxylation is 2. The molecule has 0 bridgehead atoms. The zero-order chi connectivity index (χ0) is 18.2. The minimum absolute atomic E-state index is 0.00177.